The van der Waals surface area contributed by atoms with E-state index in [-0.39, 0.29) is 6.42 Å². The fourth-order valence-electron chi connectivity index (χ4n) is 3.09. The van der Waals surface area contributed by atoms with Crippen molar-refractivity contribution < 1.29 is 14.6 Å². The molecule has 1 aromatic carbocycles. The van der Waals surface area contributed by atoms with Crippen molar-refractivity contribution in [1.29, 1.82) is 5.26 Å². The Bertz CT molecular complexity index is 773. The predicted molar refractivity (Wildman–Crippen MR) is 99.0 cm³/mol. The van der Waals surface area contributed by atoms with E-state index in [1.807, 2.05) is 56.6 Å². The number of nitriles is 1. The molecule has 0 saturated heterocycles. The Morgan fingerprint density at radius 1 is 1.31 bits per heavy atom. The zero-order valence-corrected chi connectivity index (χ0v) is 16.1. The third kappa shape index (κ3) is 4.43. The van der Waals surface area contributed by atoms with E-state index in [1.54, 1.807) is 7.11 Å². The van der Waals surface area contributed by atoms with E-state index in [1.165, 1.54) is 0 Å². The van der Waals surface area contributed by atoms with Gasteiger partial charge in [0, 0.05) is 24.3 Å². The number of benzene rings is 1. The van der Waals surface area contributed by atoms with Crippen LogP contribution in [0.25, 0.3) is 0 Å². The second-order valence-corrected chi connectivity index (χ2v) is 6.76. The molecule has 0 aliphatic rings. The van der Waals surface area contributed by atoms with Gasteiger partial charge in [-0.2, -0.15) is 10.4 Å². The van der Waals surface area contributed by atoms with E-state index >= 15 is 0 Å². The molecule has 2 rings (SSSR count). The second-order valence-electron chi connectivity index (χ2n) is 6.76. The first kappa shape index (κ1) is 20.0. The quantitative estimate of drug-likeness (QED) is 0.735. The topological polar surface area (TPSA) is 80.3 Å². The molecule has 0 aliphatic heterocycles. The largest absolute Gasteiger partial charge is 0.497 e. The summed E-state index contributed by atoms with van der Waals surface area (Å²) in [6, 6.07) is 10.1. The van der Waals surface area contributed by atoms with Crippen LogP contribution < -0.4 is 4.74 Å². The molecule has 2 aromatic rings. The highest BCUT2D eigenvalue weighted by Gasteiger charge is 2.30. The van der Waals surface area contributed by atoms with Crippen molar-refractivity contribution in [1.82, 2.24) is 9.78 Å². The first-order valence-electron chi connectivity index (χ1n) is 8.73. The highest BCUT2D eigenvalue weighted by Crippen LogP contribution is 2.30. The number of hydrogen-bond acceptors (Lipinski definition) is 5. The van der Waals surface area contributed by atoms with Gasteiger partial charge >= 0.3 is 0 Å². The Morgan fingerprint density at radius 2 is 1.96 bits per heavy atom. The molecule has 0 amide bonds. The molecule has 0 bridgehead atoms. The number of methoxy groups -OCH3 is 1. The molecule has 0 fully saturated rings. The van der Waals surface area contributed by atoms with Crippen LogP contribution >= 0.6 is 0 Å². The van der Waals surface area contributed by atoms with Gasteiger partial charge < -0.3 is 14.6 Å². The summed E-state index contributed by atoms with van der Waals surface area (Å²) in [6.45, 7) is 8.52. The van der Waals surface area contributed by atoms with Crippen LogP contribution in [0.1, 0.15) is 43.3 Å². The SMILES string of the molecule is CCOC(O)Cc1nn(Cc2ccc(OC)cc2)c(C)c1C(C)(C)C#N. The van der Waals surface area contributed by atoms with Gasteiger partial charge in [-0.3, -0.25) is 4.68 Å². The van der Waals surface area contributed by atoms with Gasteiger partial charge in [-0.15, -0.1) is 0 Å². The van der Waals surface area contributed by atoms with Gasteiger partial charge in [-0.05, 0) is 45.4 Å². The summed E-state index contributed by atoms with van der Waals surface area (Å²) in [6.07, 6.45) is -0.679. The Labute approximate surface area is 155 Å². The molecule has 1 aromatic heterocycles. The normalized spacial score (nSPS) is 12.7. The summed E-state index contributed by atoms with van der Waals surface area (Å²) in [5, 5.41) is 24.3. The van der Waals surface area contributed by atoms with Crippen molar-refractivity contribution in [3.05, 3.63) is 46.8 Å². The molecular weight excluding hydrogens is 330 g/mol. The molecule has 140 valence electrons. The van der Waals surface area contributed by atoms with Crippen LogP contribution in [0.5, 0.6) is 5.75 Å². The standard InChI is InChI=1S/C20H27N3O3/c1-6-26-18(24)11-17-19(20(3,4)13-21)14(2)23(22-17)12-15-7-9-16(25-5)10-8-15/h7-10,18,24H,6,11-12H2,1-5H3. The molecule has 1 atom stereocenters. The van der Waals surface area contributed by atoms with Crippen molar-refractivity contribution in [2.24, 2.45) is 0 Å². The lowest BCUT2D eigenvalue weighted by molar-refractivity contribution is -0.0934. The Kier molecular flexibility index (Phi) is 6.41. The van der Waals surface area contributed by atoms with Gasteiger partial charge in [0.2, 0.25) is 0 Å². The van der Waals surface area contributed by atoms with E-state index in [9.17, 15) is 10.4 Å². The summed E-state index contributed by atoms with van der Waals surface area (Å²) in [7, 11) is 1.64. The van der Waals surface area contributed by atoms with Crippen molar-refractivity contribution in [3.8, 4) is 11.8 Å². The monoisotopic (exact) mass is 357 g/mol. The maximum atomic E-state index is 10.0. The van der Waals surface area contributed by atoms with Gasteiger partial charge in [0.25, 0.3) is 0 Å². The fraction of sp³-hybridized carbons (Fsp3) is 0.500. The van der Waals surface area contributed by atoms with E-state index in [0.29, 0.717) is 18.8 Å². The van der Waals surface area contributed by atoms with Crippen LogP contribution in [0.2, 0.25) is 0 Å². The minimum Gasteiger partial charge on any atom is -0.497 e. The third-order valence-electron chi connectivity index (χ3n) is 4.40. The summed E-state index contributed by atoms with van der Waals surface area (Å²) in [4.78, 5) is 0. The fourth-order valence-corrected chi connectivity index (χ4v) is 3.09. The molecule has 0 aliphatic carbocycles. The van der Waals surface area contributed by atoms with Crippen LogP contribution in [-0.2, 0) is 23.1 Å². The van der Waals surface area contributed by atoms with Gasteiger partial charge in [0.15, 0.2) is 6.29 Å². The molecule has 6 heteroatoms. The Balaban J connectivity index is 2.38. The van der Waals surface area contributed by atoms with Crippen molar-refractivity contribution in [2.75, 3.05) is 13.7 Å². The van der Waals surface area contributed by atoms with Gasteiger partial charge in [0.05, 0.1) is 30.8 Å². The number of aromatic nitrogens is 2. The lowest BCUT2D eigenvalue weighted by Crippen LogP contribution is -2.21. The number of aliphatic hydroxyl groups is 1. The zero-order chi connectivity index (χ0) is 19.3. The summed E-state index contributed by atoms with van der Waals surface area (Å²) >= 11 is 0. The molecule has 6 nitrogen and oxygen atoms in total. The highest BCUT2D eigenvalue weighted by molar-refractivity contribution is 5.39. The molecule has 1 heterocycles. The average molecular weight is 357 g/mol. The first-order chi connectivity index (χ1) is 12.3. The lowest BCUT2D eigenvalue weighted by Gasteiger charge is -2.18. The van der Waals surface area contributed by atoms with E-state index in [0.717, 1.165) is 22.6 Å². The minimum absolute atomic E-state index is 0.255. The van der Waals surface area contributed by atoms with Crippen molar-refractivity contribution >= 4 is 0 Å². The van der Waals surface area contributed by atoms with Crippen LogP contribution in [0, 0.1) is 18.3 Å². The van der Waals surface area contributed by atoms with Gasteiger partial charge in [0.1, 0.15) is 5.75 Å². The average Bonchev–Trinajstić information content (AvgIpc) is 2.91. The summed E-state index contributed by atoms with van der Waals surface area (Å²) in [5.41, 5.74) is 2.85. The lowest BCUT2D eigenvalue weighted by atomic mass is 9.84. The molecule has 26 heavy (non-hydrogen) atoms. The summed E-state index contributed by atoms with van der Waals surface area (Å²) in [5.74, 6) is 0.803. The van der Waals surface area contributed by atoms with Crippen LogP contribution in [-0.4, -0.2) is 34.9 Å². The number of aliphatic hydroxyl groups excluding tert-OH is 1. The summed E-state index contributed by atoms with van der Waals surface area (Å²) < 4.78 is 12.3. The highest BCUT2D eigenvalue weighted by atomic mass is 16.6. The van der Waals surface area contributed by atoms with Gasteiger partial charge in [-0.1, -0.05) is 12.1 Å². The number of nitrogens with zero attached hydrogens (tertiary/aromatic N) is 3. The van der Waals surface area contributed by atoms with E-state index in [2.05, 4.69) is 11.2 Å². The molecule has 1 N–H and O–H groups in total. The smallest absolute Gasteiger partial charge is 0.160 e. The Hall–Kier alpha value is -2.36. The molecule has 0 radical (unpaired) electrons. The van der Waals surface area contributed by atoms with E-state index in [4.69, 9.17) is 9.47 Å². The Morgan fingerprint density at radius 3 is 2.50 bits per heavy atom. The van der Waals surface area contributed by atoms with Gasteiger partial charge in [-0.25, -0.2) is 0 Å². The zero-order valence-electron chi connectivity index (χ0n) is 16.1. The van der Waals surface area contributed by atoms with Crippen LogP contribution in [0.4, 0.5) is 0 Å². The van der Waals surface area contributed by atoms with Crippen molar-refractivity contribution in [2.45, 2.75) is 52.4 Å². The molecule has 1 unspecified atom stereocenters. The molecule has 0 spiro atoms. The van der Waals surface area contributed by atoms with E-state index < -0.39 is 11.7 Å². The first-order valence-corrected chi connectivity index (χ1v) is 8.73. The number of rotatable bonds is 8. The maximum Gasteiger partial charge on any atom is 0.160 e. The third-order valence-corrected chi connectivity index (χ3v) is 4.40. The van der Waals surface area contributed by atoms with Crippen LogP contribution in [0.15, 0.2) is 24.3 Å². The van der Waals surface area contributed by atoms with Crippen molar-refractivity contribution in [3.63, 3.8) is 0 Å². The van der Waals surface area contributed by atoms with Crippen LogP contribution in [0.3, 0.4) is 0 Å². The molecule has 0 saturated carbocycles. The maximum absolute atomic E-state index is 10.0. The second kappa shape index (κ2) is 8.35. The molecular formula is C20H27N3O3. The predicted octanol–water partition coefficient (Wildman–Crippen LogP) is 2.95. The minimum atomic E-state index is -0.933. The number of ether oxygens (including phenoxy) is 2. The number of hydrogen-bond donors (Lipinski definition) is 1.